The van der Waals surface area contributed by atoms with E-state index >= 15 is 0 Å². The van der Waals surface area contributed by atoms with Gasteiger partial charge in [0.2, 0.25) is 0 Å². The van der Waals surface area contributed by atoms with Crippen molar-refractivity contribution in [1.29, 1.82) is 0 Å². The maximum absolute atomic E-state index is 12.0. The molecule has 0 radical (unpaired) electrons. The number of nitrogens with zero attached hydrogens (tertiary/aromatic N) is 2. The Morgan fingerprint density at radius 1 is 1.36 bits per heavy atom. The molecule has 1 aromatic carbocycles. The van der Waals surface area contributed by atoms with Crippen LogP contribution in [-0.4, -0.2) is 58.6 Å². The Balaban J connectivity index is 1.34. The molecule has 4 rings (SSSR count). The number of piperidine rings is 1. The van der Waals surface area contributed by atoms with Crippen molar-refractivity contribution in [2.24, 2.45) is 11.8 Å². The zero-order valence-corrected chi connectivity index (χ0v) is 20.4. The average Bonchev–Trinajstić information content (AvgIpc) is 3.35. The van der Waals surface area contributed by atoms with Crippen LogP contribution in [0.2, 0.25) is 0 Å². The predicted octanol–water partition coefficient (Wildman–Crippen LogP) is 4.93. The highest BCUT2D eigenvalue weighted by atomic mass is 32.2. The molecule has 0 aliphatic carbocycles. The minimum absolute atomic E-state index is 0.0704. The zero-order chi connectivity index (χ0) is 23.2. The third-order valence-corrected chi connectivity index (χ3v) is 8.57. The quantitative estimate of drug-likeness (QED) is 0.393. The van der Waals surface area contributed by atoms with Gasteiger partial charge in [-0.05, 0) is 73.0 Å². The van der Waals surface area contributed by atoms with Crippen LogP contribution in [0, 0.1) is 11.8 Å². The molecule has 176 valence electrons. The second-order valence-corrected chi connectivity index (χ2v) is 10.8. The molecule has 0 amide bonds. The van der Waals surface area contributed by atoms with Gasteiger partial charge < -0.3 is 19.8 Å². The van der Waals surface area contributed by atoms with E-state index in [1.54, 1.807) is 24.6 Å². The second kappa shape index (κ2) is 11.3. The lowest BCUT2D eigenvalue weighted by molar-refractivity contribution is -0.146. The van der Waals surface area contributed by atoms with Gasteiger partial charge in [0, 0.05) is 30.4 Å². The Hall–Kier alpha value is -2.13. The number of likely N-dealkylation sites (tertiary alicyclic amines) is 1. The largest absolute Gasteiger partial charge is 0.497 e. The summed E-state index contributed by atoms with van der Waals surface area (Å²) in [6.07, 6.45) is 3.10. The molecule has 8 heteroatoms. The zero-order valence-electron chi connectivity index (χ0n) is 18.7. The summed E-state index contributed by atoms with van der Waals surface area (Å²) in [5.74, 6) is 0.631. The minimum atomic E-state index is -0.732. The van der Waals surface area contributed by atoms with Crippen LogP contribution >= 0.6 is 23.1 Å². The maximum atomic E-state index is 12.0. The number of carbonyl (C=O) groups is 1. The minimum Gasteiger partial charge on any atom is -0.497 e. The van der Waals surface area contributed by atoms with Gasteiger partial charge >= 0.3 is 5.97 Å². The normalized spacial score (nSPS) is 20.1. The van der Waals surface area contributed by atoms with Gasteiger partial charge in [-0.1, -0.05) is 6.07 Å². The molecule has 2 aromatic heterocycles. The van der Waals surface area contributed by atoms with Crippen molar-refractivity contribution in [2.45, 2.75) is 29.6 Å². The number of aliphatic hydroxyl groups excluding tert-OH is 1. The molecule has 0 saturated carbocycles. The molecule has 3 heterocycles. The molecule has 3 aromatic rings. The number of rotatable bonds is 10. The van der Waals surface area contributed by atoms with Crippen molar-refractivity contribution < 1.29 is 19.7 Å². The molecule has 1 aliphatic heterocycles. The smallest absolute Gasteiger partial charge is 0.308 e. The van der Waals surface area contributed by atoms with Gasteiger partial charge in [-0.2, -0.15) is 0 Å². The summed E-state index contributed by atoms with van der Waals surface area (Å²) in [5.41, 5.74) is 1.62. The number of benzene rings is 1. The van der Waals surface area contributed by atoms with Crippen molar-refractivity contribution in [2.75, 3.05) is 32.5 Å². The van der Waals surface area contributed by atoms with E-state index in [1.165, 1.54) is 4.21 Å². The van der Waals surface area contributed by atoms with Crippen LogP contribution in [0.3, 0.4) is 0 Å². The van der Waals surface area contributed by atoms with E-state index in [9.17, 15) is 15.0 Å². The molecule has 2 N–H and O–H groups in total. The molecule has 0 spiro atoms. The standard InChI is InChI=1S/C25H30N2O4S2/c1-31-18-5-6-22-20(15-18)19(8-10-26-22)23(28)7-4-17-9-11-27(16-21(17)25(29)30)12-14-33-24-3-2-13-32-24/h2-3,5-6,8,10,13,15,17,21,23,28H,4,7,9,11-12,14,16H2,1H3,(H,29,30)/t17-,21+,23-/m1/s1. The van der Waals surface area contributed by atoms with Gasteiger partial charge in [0.05, 0.1) is 28.9 Å². The monoisotopic (exact) mass is 486 g/mol. The number of aromatic nitrogens is 1. The Morgan fingerprint density at radius 2 is 2.24 bits per heavy atom. The van der Waals surface area contributed by atoms with E-state index in [-0.39, 0.29) is 5.92 Å². The summed E-state index contributed by atoms with van der Waals surface area (Å²) in [4.78, 5) is 18.7. The van der Waals surface area contributed by atoms with Crippen LogP contribution in [0.5, 0.6) is 5.75 Å². The third kappa shape index (κ3) is 6.06. The number of aliphatic carboxylic acids is 1. The highest BCUT2D eigenvalue weighted by molar-refractivity contribution is 8.01. The van der Waals surface area contributed by atoms with E-state index < -0.39 is 18.0 Å². The Morgan fingerprint density at radius 3 is 3.00 bits per heavy atom. The molecule has 6 nitrogen and oxygen atoms in total. The van der Waals surface area contributed by atoms with Gasteiger partial charge in [0.15, 0.2) is 0 Å². The number of ether oxygens (including phenoxy) is 1. The molecule has 0 unspecified atom stereocenters. The number of thiophene rings is 1. The molecule has 0 bridgehead atoms. The maximum Gasteiger partial charge on any atom is 0.308 e. The number of hydrogen-bond donors (Lipinski definition) is 2. The molecular formula is C25H30N2O4S2. The van der Waals surface area contributed by atoms with Crippen LogP contribution in [-0.2, 0) is 4.79 Å². The Kier molecular flexibility index (Phi) is 8.25. The second-order valence-electron chi connectivity index (χ2n) is 8.45. The number of aliphatic hydroxyl groups is 1. The highest BCUT2D eigenvalue weighted by Crippen LogP contribution is 2.34. The molecule has 33 heavy (non-hydrogen) atoms. The fourth-order valence-electron chi connectivity index (χ4n) is 4.61. The topological polar surface area (TPSA) is 82.9 Å². The SMILES string of the molecule is COc1ccc2nccc([C@H](O)CC[C@@H]3CCN(CCSc4cccs4)C[C@@H]3C(=O)O)c2c1. The van der Waals surface area contributed by atoms with E-state index in [0.717, 1.165) is 47.5 Å². The van der Waals surface area contributed by atoms with Crippen LogP contribution < -0.4 is 4.74 Å². The first kappa shape index (κ1) is 24.0. The average molecular weight is 487 g/mol. The summed E-state index contributed by atoms with van der Waals surface area (Å²) in [7, 11) is 1.62. The van der Waals surface area contributed by atoms with Crippen LogP contribution in [0.15, 0.2) is 52.2 Å². The van der Waals surface area contributed by atoms with Gasteiger partial charge in [0.1, 0.15) is 5.75 Å². The molecule has 3 atom stereocenters. The summed E-state index contributed by atoms with van der Waals surface area (Å²) in [6, 6.07) is 11.7. The van der Waals surface area contributed by atoms with E-state index in [2.05, 4.69) is 27.4 Å². The van der Waals surface area contributed by atoms with Crippen LogP contribution in [0.1, 0.15) is 30.9 Å². The summed E-state index contributed by atoms with van der Waals surface area (Å²) in [5, 5.41) is 23.8. The summed E-state index contributed by atoms with van der Waals surface area (Å²) in [6.45, 7) is 2.38. The van der Waals surface area contributed by atoms with E-state index in [0.29, 0.717) is 19.4 Å². The van der Waals surface area contributed by atoms with Gasteiger partial charge in [-0.3, -0.25) is 9.78 Å². The number of hydrogen-bond acceptors (Lipinski definition) is 7. The molecule has 1 saturated heterocycles. The Bertz CT molecular complexity index is 1060. The molecular weight excluding hydrogens is 456 g/mol. The van der Waals surface area contributed by atoms with Crippen LogP contribution in [0.25, 0.3) is 10.9 Å². The molecule has 1 aliphatic rings. The van der Waals surface area contributed by atoms with Gasteiger partial charge in [0.25, 0.3) is 0 Å². The predicted molar refractivity (Wildman–Crippen MR) is 133 cm³/mol. The fourth-order valence-corrected chi connectivity index (χ4v) is 6.47. The number of carboxylic acid groups (broad SMARTS) is 1. The number of pyridine rings is 1. The number of fused-ring (bicyclic) bond motifs is 1. The third-order valence-electron chi connectivity index (χ3n) is 6.46. The first-order valence-electron chi connectivity index (χ1n) is 11.3. The lowest BCUT2D eigenvalue weighted by Gasteiger charge is -2.36. The molecule has 1 fully saturated rings. The summed E-state index contributed by atoms with van der Waals surface area (Å²) >= 11 is 3.57. The van der Waals surface area contributed by atoms with Crippen molar-refractivity contribution >= 4 is 40.0 Å². The lowest BCUT2D eigenvalue weighted by Crippen LogP contribution is -2.44. The van der Waals surface area contributed by atoms with E-state index in [4.69, 9.17) is 4.74 Å². The lowest BCUT2D eigenvalue weighted by atomic mass is 9.81. The van der Waals surface area contributed by atoms with Crippen molar-refractivity contribution in [3.05, 3.63) is 53.5 Å². The Labute approximate surface area is 202 Å². The van der Waals surface area contributed by atoms with Crippen molar-refractivity contribution in [3.8, 4) is 5.75 Å². The number of methoxy groups -OCH3 is 1. The van der Waals surface area contributed by atoms with Crippen molar-refractivity contribution in [3.63, 3.8) is 0 Å². The first-order valence-corrected chi connectivity index (χ1v) is 13.1. The summed E-state index contributed by atoms with van der Waals surface area (Å²) < 4.78 is 6.63. The number of carboxylic acids is 1. The van der Waals surface area contributed by atoms with Gasteiger partial charge in [-0.25, -0.2) is 0 Å². The fraction of sp³-hybridized carbons (Fsp3) is 0.440. The first-order chi connectivity index (χ1) is 16.0. The van der Waals surface area contributed by atoms with Crippen LogP contribution in [0.4, 0.5) is 0 Å². The van der Waals surface area contributed by atoms with Gasteiger partial charge in [-0.15, -0.1) is 23.1 Å². The van der Waals surface area contributed by atoms with E-state index in [1.807, 2.05) is 36.0 Å². The number of thioether (sulfide) groups is 1. The highest BCUT2D eigenvalue weighted by Gasteiger charge is 2.34. The van der Waals surface area contributed by atoms with Crippen molar-refractivity contribution in [1.82, 2.24) is 9.88 Å².